The van der Waals surface area contributed by atoms with Gasteiger partial charge in [-0.3, -0.25) is 19.0 Å². The molecule has 0 fully saturated rings. The van der Waals surface area contributed by atoms with Crippen LogP contribution in [0.5, 0.6) is 0 Å². The lowest BCUT2D eigenvalue weighted by molar-refractivity contribution is -0.116. The van der Waals surface area contributed by atoms with E-state index in [0.717, 1.165) is 16.9 Å². The van der Waals surface area contributed by atoms with Crippen molar-refractivity contribution in [2.24, 2.45) is 0 Å². The molecule has 5 aromatic rings. The molecule has 0 saturated heterocycles. The Morgan fingerprint density at radius 2 is 1.78 bits per heavy atom. The number of anilines is 2. The van der Waals surface area contributed by atoms with Gasteiger partial charge in [-0.25, -0.2) is 9.78 Å². The van der Waals surface area contributed by atoms with Crippen LogP contribution in [0.4, 0.5) is 10.7 Å². The third kappa shape index (κ3) is 5.92. The smallest absolute Gasteiger partial charge is 0.341 e. The van der Waals surface area contributed by atoms with Crippen molar-refractivity contribution in [1.29, 1.82) is 0 Å². The molecule has 5 rings (SSSR count). The number of esters is 1. The van der Waals surface area contributed by atoms with Gasteiger partial charge in [-0.2, -0.15) is 0 Å². The first-order valence-corrected chi connectivity index (χ1v) is 14.5. The molecule has 0 aliphatic carbocycles. The highest BCUT2D eigenvalue weighted by molar-refractivity contribution is 7.20. The monoisotopic (exact) mass is 606 g/mol. The summed E-state index contributed by atoms with van der Waals surface area (Å²) in [6.07, 6.45) is 1.28. The van der Waals surface area contributed by atoms with Crippen molar-refractivity contribution in [1.82, 2.24) is 9.55 Å². The summed E-state index contributed by atoms with van der Waals surface area (Å²) < 4.78 is 6.42. The molecule has 0 bridgehead atoms. The molecule has 12 heteroatoms. The Morgan fingerprint density at radius 3 is 2.49 bits per heavy atom. The number of hydrogen-bond donors (Lipinski definition) is 2. The lowest BCUT2D eigenvalue weighted by Gasteiger charge is -2.10. The van der Waals surface area contributed by atoms with E-state index in [1.165, 1.54) is 22.2 Å². The number of thiophene rings is 2. The summed E-state index contributed by atoms with van der Waals surface area (Å²) in [6, 6.07) is 16.0. The Hall–Kier alpha value is -4.32. The topological polar surface area (TPSA) is 119 Å². The van der Waals surface area contributed by atoms with E-state index in [2.05, 4.69) is 15.6 Å². The summed E-state index contributed by atoms with van der Waals surface area (Å²) in [5.74, 6) is -1.45. The first-order valence-electron chi connectivity index (χ1n) is 12.5. The van der Waals surface area contributed by atoms with Crippen molar-refractivity contribution in [3.05, 3.63) is 97.7 Å². The van der Waals surface area contributed by atoms with Gasteiger partial charge in [0.15, 0.2) is 0 Å². The van der Waals surface area contributed by atoms with Gasteiger partial charge in [0.05, 0.1) is 23.2 Å². The number of para-hydroxylation sites is 1. The van der Waals surface area contributed by atoms with Gasteiger partial charge in [0.25, 0.3) is 11.5 Å². The molecule has 41 heavy (non-hydrogen) atoms. The number of rotatable bonds is 8. The molecule has 3 heterocycles. The second-order valence-electron chi connectivity index (χ2n) is 8.86. The summed E-state index contributed by atoms with van der Waals surface area (Å²) in [5, 5.41) is 8.44. The summed E-state index contributed by atoms with van der Waals surface area (Å²) in [7, 11) is 0. The van der Waals surface area contributed by atoms with Gasteiger partial charge in [0, 0.05) is 21.7 Å². The number of carbonyl (C=O) groups is 3. The van der Waals surface area contributed by atoms with Crippen LogP contribution in [-0.4, -0.2) is 33.9 Å². The zero-order valence-corrected chi connectivity index (χ0v) is 24.3. The molecular weight excluding hydrogens is 584 g/mol. The number of ether oxygens (including phenoxy) is 1. The van der Waals surface area contributed by atoms with Crippen LogP contribution in [0.2, 0.25) is 5.02 Å². The molecule has 0 spiro atoms. The number of halogens is 1. The molecule has 2 N–H and O–H groups in total. The van der Waals surface area contributed by atoms with E-state index in [9.17, 15) is 19.2 Å². The average Bonchev–Trinajstić information content (AvgIpc) is 3.52. The van der Waals surface area contributed by atoms with Gasteiger partial charge in [0.2, 0.25) is 5.91 Å². The molecule has 2 amide bonds. The molecule has 0 atom stereocenters. The van der Waals surface area contributed by atoms with Crippen molar-refractivity contribution in [2.75, 3.05) is 17.2 Å². The van der Waals surface area contributed by atoms with E-state index in [4.69, 9.17) is 16.3 Å². The maximum atomic E-state index is 13.3. The van der Waals surface area contributed by atoms with Crippen LogP contribution >= 0.6 is 34.3 Å². The standard InChI is InChI=1S/C29H23ClN4O5S2/c1-3-39-29(38)23-20(17-9-11-18(30)12-10-17)14-40-27(23)33-21(35)13-34-15-31-26-22(28(34)37)16(2)24(41-26)25(36)32-19-7-5-4-6-8-19/h4-12,14-15H,3,13H2,1-2H3,(H,32,36)(H,33,35). The number of benzene rings is 2. The van der Waals surface area contributed by atoms with Crippen molar-refractivity contribution < 1.29 is 19.1 Å². The molecule has 9 nitrogen and oxygen atoms in total. The zero-order valence-electron chi connectivity index (χ0n) is 21.9. The van der Waals surface area contributed by atoms with Crippen molar-refractivity contribution in [3.8, 4) is 11.1 Å². The normalized spacial score (nSPS) is 10.9. The van der Waals surface area contributed by atoms with Gasteiger partial charge in [-0.15, -0.1) is 22.7 Å². The highest BCUT2D eigenvalue weighted by Gasteiger charge is 2.24. The Kier molecular flexibility index (Phi) is 8.29. The zero-order chi connectivity index (χ0) is 29.1. The number of amides is 2. The summed E-state index contributed by atoms with van der Waals surface area (Å²) in [5.41, 5.74) is 2.22. The molecule has 0 aliphatic heterocycles. The first kappa shape index (κ1) is 28.2. The molecule has 0 unspecified atom stereocenters. The Balaban J connectivity index is 1.40. The highest BCUT2D eigenvalue weighted by atomic mass is 35.5. The third-order valence-electron chi connectivity index (χ3n) is 6.15. The minimum Gasteiger partial charge on any atom is -0.462 e. The first-order chi connectivity index (χ1) is 19.8. The fourth-order valence-electron chi connectivity index (χ4n) is 4.22. The van der Waals surface area contributed by atoms with Gasteiger partial charge in [-0.05, 0) is 49.2 Å². The molecule has 0 saturated carbocycles. The predicted octanol–water partition coefficient (Wildman–Crippen LogP) is 6.22. The number of fused-ring (bicyclic) bond motifs is 1. The van der Waals surface area contributed by atoms with Crippen LogP contribution in [0.1, 0.15) is 32.5 Å². The predicted molar refractivity (Wildman–Crippen MR) is 162 cm³/mol. The van der Waals surface area contributed by atoms with Gasteiger partial charge in [-0.1, -0.05) is 41.9 Å². The van der Waals surface area contributed by atoms with E-state index in [0.29, 0.717) is 36.5 Å². The van der Waals surface area contributed by atoms with E-state index in [-0.39, 0.29) is 30.0 Å². The second-order valence-corrected chi connectivity index (χ2v) is 11.2. The number of aromatic nitrogens is 2. The molecular formula is C29H23ClN4O5S2. The maximum absolute atomic E-state index is 13.3. The van der Waals surface area contributed by atoms with Crippen molar-refractivity contribution >= 4 is 73.0 Å². The number of carbonyl (C=O) groups excluding carboxylic acids is 3. The Morgan fingerprint density at radius 1 is 1.05 bits per heavy atom. The number of nitrogens with zero attached hydrogens (tertiary/aromatic N) is 2. The summed E-state index contributed by atoms with van der Waals surface area (Å²) >= 11 is 8.30. The Bertz CT molecular complexity index is 1830. The lowest BCUT2D eigenvalue weighted by atomic mass is 10.0. The molecule has 3 aromatic heterocycles. The second kappa shape index (κ2) is 12.0. The Labute approximate surface area is 247 Å². The quantitative estimate of drug-likeness (QED) is 0.203. The van der Waals surface area contributed by atoms with E-state index in [1.54, 1.807) is 55.6 Å². The molecule has 0 aliphatic rings. The maximum Gasteiger partial charge on any atom is 0.341 e. The van der Waals surface area contributed by atoms with Crippen LogP contribution in [0.3, 0.4) is 0 Å². The van der Waals surface area contributed by atoms with Crippen LogP contribution in [0.25, 0.3) is 21.3 Å². The van der Waals surface area contributed by atoms with Crippen LogP contribution in [-0.2, 0) is 16.1 Å². The third-order valence-corrected chi connectivity index (χ3v) is 8.49. The van der Waals surface area contributed by atoms with Gasteiger partial charge < -0.3 is 15.4 Å². The molecule has 208 valence electrons. The van der Waals surface area contributed by atoms with Crippen molar-refractivity contribution in [2.45, 2.75) is 20.4 Å². The van der Waals surface area contributed by atoms with Crippen LogP contribution in [0.15, 0.2) is 71.1 Å². The van der Waals surface area contributed by atoms with E-state index >= 15 is 0 Å². The fraction of sp³-hybridized carbons (Fsp3) is 0.138. The highest BCUT2D eigenvalue weighted by Crippen LogP contribution is 2.37. The molecule has 0 radical (unpaired) electrons. The fourth-order valence-corrected chi connectivity index (χ4v) is 6.35. The van der Waals surface area contributed by atoms with E-state index in [1.807, 2.05) is 18.2 Å². The number of aryl methyl sites for hydroxylation is 1. The summed E-state index contributed by atoms with van der Waals surface area (Å²) in [6.45, 7) is 3.19. The van der Waals surface area contributed by atoms with Crippen molar-refractivity contribution in [3.63, 3.8) is 0 Å². The summed E-state index contributed by atoms with van der Waals surface area (Å²) in [4.78, 5) is 57.3. The molecule has 2 aromatic carbocycles. The van der Waals surface area contributed by atoms with E-state index < -0.39 is 17.4 Å². The number of hydrogen-bond acceptors (Lipinski definition) is 8. The number of nitrogens with one attached hydrogen (secondary N) is 2. The van der Waals surface area contributed by atoms with Gasteiger partial charge in [0.1, 0.15) is 21.9 Å². The van der Waals surface area contributed by atoms with Gasteiger partial charge >= 0.3 is 5.97 Å². The van der Waals surface area contributed by atoms with Crippen LogP contribution in [0, 0.1) is 6.92 Å². The largest absolute Gasteiger partial charge is 0.462 e. The average molecular weight is 607 g/mol. The minimum absolute atomic E-state index is 0.161. The SMILES string of the molecule is CCOC(=O)c1c(-c2ccc(Cl)cc2)csc1NC(=O)Cn1cnc2sc(C(=O)Nc3ccccc3)c(C)c2c1=O. The lowest BCUT2D eigenvalue weighted by Crippen LogP contribution is -2.28. The minimum atomic E-state index is -0.579. The van der Waals surface area contributed by atoms with Crippen LogP contribution < -0.4 is 16.2 Å².